The molecule has 2 unspecified atom stereocenters. The van der Waals surface area contributed by atoms with Crippen molar-refractivity contribution in [2.45, 2.75) is 58.2 Å². The van der Waals surface area contributed by atoms with Gasteiger partial charge in [-0.3, -0.25) is 0 Å². The van der Waals surface area contributed by atoms with Gasteiger partial charge in [-0.2, -0.15) is 5.10 Å². The number of rotatable bonds is 11. The monoisotopic (exact) mass is 500 g/mol. The molecule has 3 aromatic rings. The van der Waals surface area contributed by atoms with Gasteiger partial charge < -0.3 is 18.9 Å². The molecule has 37 heavy (non-hydrogen) atoms. The van der Waals surface area contributed by atoms with E-state index in [-0.39, 0.29) is 12.3 Å². The summed E-state index contributed by atoms with van der Waals surface area (Å²) in [5.74, 6) is 3.23. The summed E-state index contributed by atoms with van der Waals surface area (Å²) in [5.41, 5.74) is 4.27. The standard InChI is InChI=1S/C31H36N2O4/c1-4-6-7-10-19-36-29-18-15-23(20-30(29)34-3)31-33-27(25-11-8-9-12-28(25)37-31)21-26(32-33)22-13-16-24(17-14-22)35-5-2/h8-9,11-18,20,27,31H,4-7,10,19,21H2,1-3H3. The lowest BCUT2D eigenvalue weighted by atomic mass is 9.96. The number of ether oxygens (including phenoxy) is 4. The maximum absolute atomic E-state index is 6.53. The van der Waals surface area contributed by atoms with Crippen molar-refractivity contribution in [1.29, 1.82) is 0 Å². The van der Waals surface area contributed by atoms with Crippen LogP contribution in [0.25, 0.3) is 0 Å². The van der Waals surface area contributed by atoms with Crippen LogP contribution in [-0.4, -0.2) is 31.0 Å². The first-order chi connectivity index (χ1) is 18.2. The number of hydrogen-bond donors (Lipinski definition) is 0. The lowest BCUT2D eigenvalue weighted by Crippen LogP contribution is -2.33. The van der Waals surface area contributed by atoms with Crippen LogP contribution in [0.15, 0.2) is 71.8 Å². The Morgan fingerprint density at radius 3 is 2.54 bits per heavy atom. The summed E-state index contributed by atoms with van der Waals surface area (Å²) in [4.78, 5) is 0. The molecular formula is C31H36N2O4. The summed E-state index contributed by atoms with van der Waals surface area (Å²) in [7, 11) is 1.68. The Balaban J connectivity index is 1.42. The van der Waals surface area contributed by atoms with Gasteiger partial charge in [0.15, 0.2) is 11.5 Å². The predicted octanol–water partition coefficient (Wildman–Crippen LogP) is 7.30. The van der Waals surface area contributed by atoms with Gasteiger partial charge in [0.2, 0.25) is 6.23 Å². The number of unbranched alkanes of at least 4 members (excludes halogenated alkanes) is 3. The van der Waals surface area contributed by atoms with E-state index in [4.69, 9.17) is 24.0 Å². The average molecular weight is 501 g/mol. The molecule has 2 aliphatic heterocycles. The Bertz CT molecular complexity index is 1220. The molecule has 0 aromatic heterocycles. The van der Waals surface area contributed by atoms with Crippen LogP contribution in [0, 0.1) is 0 Å². The molecule has 6 nitrogen and oxygen atoms in total. The van der Waals surface area contributed by atoms with Crippen molar-refractivity contribution in [2.24, 2.45) is 5.10 Å². The molecule has 0 N–H and O–H groups in total. The Morgan fingerprint density at radius 2 is 1.76 bits per heavy atom. The quantitative estimate of drug-likeness (QED) is 0.259. The molecule has 6 heteroatoms. The number of hydrogen-bond acceptors (Lipinski definition) is 6. The fourth-order valence-electron chi connectivity index (χ4n) is 5.01. The van der Waals surface area contributed by atoms with Crippen molar-refractivity contribution in [2.75, 3.05) is 20.3 Å². The zero-order chi connectivity index (χ0) is 25.6. The van der Waals surface area contributed by atoms with Crippen LogP contribution >= 0.6 is 0 Å². The molecule has 0 amide bonds. The molecule has 2 heterocycles. The molecule has 0 saturated heterocycles. The smallest absolute Gasteiger partial charge is 0.214 e. The van der Waals surface area contributed by atoms with Gasteiger partial charge in [0.1, 0.15) is 11.5 Å². The van der Waals surface area contributed by atoms with Crippen molar-refractivity contribution in [3.05, 3.63) is 83.4 Å². The highest BCUT2D eigenvalue weighted by atomic mass is 16.5. The normalized spacial score (nSPS) is 17.9. The molecule has 0 saturated carbocycles. The minimum absolute atomic E-state index is 0.0944. The van der Waals surface area contributed by atoms with E-state index < -0.39 is 0 Å². The largest absolute Gasteiger partial charge is 0.494 e. The number of para-hydroxylation sites is 1. The third-order valence-corrected chi connectivity index (χ3v) is 6.93. The highest BCUT2D eigenvalue weighted by molar-refractivity contribution is 6.02. The molecule has 0 spiro atoms. The second-order valence-electron chi connectivity index (χ2n) is 9.43. The first kappa shape index (κ1) is 25.0. The molecule has 5 rings (SSSR count). The highest BCUT2D eigenvalue weighted by Crippen LogP contribution is 2.48. The average Bonchev–Trinajstić information content (AvgIpc) is 3.39. The number of benzene rings is 3. The number of nitrogens with zero attached hydrogens (tertiary/aromatic N) is 2. The molecule has 0 bridgehead atoms. The predicted molar refractivity (Wildman–Crippen MR) is 146 cm³/mol. The van der Waals surface area contributed by atoms with Gasteiger partial charge in [0.25, 0.3) is 0 Å². The fourth-order valence-corrected chi connectivity index (χ4v) is 5.01. The third-order valence-electron chi connectivity index (χ3n) is 6.93. The first-order valence-electron chi connectivity index (χ1n) is 13.4. The van der Waals surface area contributed by atoms with Gasteiger partial charge in [-0.1, -0.05) is 44.4 Å². The van der Waals surface area contributed by atoms with Crippen molar-refractivity contribution in [1.82, 2.24) is 5.01 Å². The number of methoxy groups -OCH3 is 1. The molecule has 3 aromatic carbocycles. The fraction of sp³-hybridized carbons (Fsp3) is 0.387. The van der Waals surface area contributed by atoms with Gasteiger partial charge in [-0.25, -0.2) is 5.01 Å². The molecule has 0 aliphatic carbocycles. The SMILES string of the molecule is CCCCCCOc1ccc(C2Oc3ccccc3C3CC(c4ccc(OCC)cc4)=NN32)cc1OC. The van der Waals surface area contributed by atoms with E-state index in [0.29, 0.717) is 19.0 Å². The van der Waals surface area contributed by atoms with Crippen molar-refractivity contribution in [3.63, 3.8) is 0 Å². The van der Waals surface area contributed by atoms with Crippen LogP contribution in [0.5, 0.6) is 23.0 Å². The Hall–Kier alpha value is -3.67. The molecule has 194 valence electrons. The number of hydrazone groups is 1. The Labute approximate surface area is 219 Å². The van der Waals surface area contributed by atoms with Crippen LogP contribution in [0.4, 0.5) is 0 Å². The third kappa shape index (κ3) is 5.38. The van der Waals surface area contributed by atoms with Crippen LogP contribution in [0.2, 0.25) is 0 Å². The summed E-state index contributed by atoms with van der Waals surface area (Å²) in [5, 5.41) is 7.17. The molecular weight excluding hydrogens is 464 g/mol. The summed E-state index contributed by atoms with van der Waals surface area (Å²) in [6, 6.07) is 22.6. The van der Waals surface area contributed by atoms with Gasteiger partial charge in [-0.15, -0.1) is 0 Å². The van der Waals surface area contributed by atoms with E-state index in [1.54, 1.807) is 7.11 Å². The molecule has 0 radical (unpaired) electrons. The second-order valence-corrected chi connectivity index (χ2v) is 9.43. The van der Waals surface area contributed by atoms with E-state index in [1.807, 2.05) is 43.3 Å². The lowest BCUT2D eigenvalue weighted by Gasteiger charge is -2.38. The van der Waals surface area contributed by atoms with E-state index in [1.165, 1.54) is 19.3 Å². The maximum Gasteiger partial charge on any atom is 0.214 e. The lowest BCUT2D eigenvalue weighted by molar-refractivity contribution is -0.0191. The minimum atomic E-state index is -0.368. The zero-order valence-electron chi connectivity index (χ0n) is 22.0. The van der Waals surface area contributed by atoms with E-state index in [0.717, 1.165) is 52.5 Å². The highest BCUT2D eigenvalue weighted by Gasteiger charge is 2.41. The van der Waals surface area contributed by atoms with E-state index in [2.05, 4.69) is 42.3 Å². The maximum atomic E-state index is 6.53. The van der Waals surface area contributed by atoms with Gasteiger partial charge in [-0.05, 0) is 67.4 Å². The second kappa shape index (κ2) is 11.6. The van der Waals surface area contributed by atoms with E-state index >= 15 is 0 Å². The van der Waals surface area contributed by atoms with Crippen LogP contribution in [-0.2, 0) is 0 Å². The van der Waals surface area contributed by atoms with Gasteiger partial charge >= 0.3 is 0 Å². The van der Waals surface area contributed by atoms with Crippen molar-refractivity contribution >= 4 is 5.71 Å². The van der Waals surface area contributed by atoms with Crippen LogP contribution in [0.3, 0.4) is 0 Å². The number of fused-ring (bicyclic) bond motifs is 3. The summed E-state index contributed by atoms with van der Waals surface area (Å²) in [6.45, 7) is 5.54. The topological polar surface area (TPSA) is 52.5 Å². The van der Waals surface area contributed by atoms with Crippen LogP contribution < -0.4 is 18.9 Å². The summed E-state index contributed by atoms with van der Waals surface area (Å²) < 4.78 is 23.9. The van der Waals surface area contributed by atoms with Crippen molar-refractivity contribution in [3.8, 4) is 23.0 Å². The van der Waals surface area contributed by atoms with E-state index in [9.17, 15) is 0 Å². The molecule has 2 atom stereocenters. The van der Waals surface area contributed by atoms with Crippen molar-refractivity contribution < 1.29 is 18.9 Å². The molecule has 0 fully saturated rings. The minimum Gasteiger partial charge on any atom is -0.494 e. The Kier molecular flexibility index (Phi) is 7.83. The van der Waals surface area contributed by atoms with Gasteiger partial charge in [0.05, 0.1) is 32.1 Å². The van der Waals surface area contributed by atoms with Crippen LogP contribution in [0.1, 0.15) is 74.9 Å². The first-order valence-corrected chi connectivity index (χ1v) is 13.4. The Morgan fingerprint density at radius 1 is 0.919 bits per heavy atom. The summed E-state index contributed by atoms with van der Waals surface area (Å²) >= 11 is 0. The molecule has 2 aliphatic rings. The summed E-state index contributed by atoms with van der Waals surface area (Å²) in [6.07, 6.45) is 5.10. The van der Waals surface area contributed by atoms with Gasteiger partial charge in [0, 0.05) is 17.5 Å². The zero-order valence-corrected chi connectivity index (χ0v) is 22.0.